The highest BCUT2D eigenvalue weighted by Gasteiger charge is 2.41. The summed E-state index contributed by atoms with van der Waals surface area (Å²) < 4.78 is 0. The van der Waals surface area contributed by atoms with Crippen LogP contribution in [-0.2, 0) is 39.0 Å². The highest BCUT2D eigenvalue weighted by Crippen LogP contribution is 2.29. The van der Waals surface area contributed by atoms with Gasteiger partial charge in [0.25, 0.3) is 11.8 Å². The van der Waals surface area contributed by atoms with Crippen LogP contribution in [0.15, 0.2) is 54.1 Å². The van der Waals surface area contributed by atoms with Gasteiger partial charge in [-0.25, -0.2) is 4.79 Å². The first-order valence-corrected chi connectivity index (χ1v) is 17.0. The third kappa shape index (κ3) is 11.3. The van der Waals surface area contributed by atoms with Crippen LogP contribution in [0.25, 0.3) is 0 Å². The summed E-state index contributed by atoms with van der Waals surface area (Å²) in [6.07, 6.45) is 3.19. The molecule has 280 valence electrons. The number of carbonyl (C=O) groups excluding carboxylic acids is 6. The number of likely N-dealkylation sites (N-methyl/N-ethyl adjacent to an activating group) is 2. The van der Waals surface area contributed by atoms with Crippen LogP contribution in [0.5, 0.6) is 0 Å². The third-order valence-corrected chi connectivity index (χ3v) is 9.00. The lowest BCUT2D eigenvalue weighted by Crippen LogP contribution is -2.61. The molecule has 0 aromatic heterocycles. The van der Waals surface area contributed by atoms with Crippen molar-refractivity contribution in [3.8, 4) is 0 Å². The van der Waals surface area contributed by atoms with E-state index in [1.165, 1.54) is 11.8 Å². The Labute approximate surface area is 300 Å². The minimum absolute atomic E-state index is 0.0906. The summed E-state index contributed by atoms with van der Waals surface area (Å²) in [4.78, 5) is 91.3. The first-order valence-electron chi connectivity index (χ1n) is 17.0. The Morgan fingerprint density at radius 3 is 1.98 bits per heavy atom. The highest BCUT2D eigenvalue weighted by atomic mass is 16.4. The number of imide groups is 1. The summed E-state index contributed by atoms with van der Waals surface area (Å²) in [5.41, 5.74) is -0.244. The smallest absolute Gasteiger partial charge is 0.326 e. The lowest BCUT2D eigenvalue weighted by Gasteiger charge is -2.40. The van der Waals surface area contributed by atoms with E-state index in [9.17, 15) is 38.7 Å². The predicted molar refractivity (Wildman–Crippen MR) is 192 cm³/mol. The molecule has 2 rings (SSSR count). The maximum Gasteiger partial charge on any atom is 0.326 e. The molecule has 14 heteroatoms. The van der Waals surface area contributed by atoms with Gasteiger partial charge >= 0.3 is 5.97 Å². The minimum atomic E-state index is -1.57. The van der Waals surface area contributed by atoms with E-state index in [-0.39, 0.29) is 36.4 Å². The fourth-order valence-corrected chi connectivity index (χ4v) is 5.85. The lowest BCUT2D eigenvalue weighted by atomic mass is 9.76. The van der Waals surface area contributed by atoms with E-state index in [1.807, 2.05) is 78.8 Å². The van der Waals surface area contributed by atoms with Gasteiger partial charge in [-0.2, -0.15) is 0 Å². The molecule has 0 bridgehead atoms. The molecule has 0 spiro atoms. The molecule has 0 saturated carbocycles. The number of rotatable bonds is 17. The Morgan fingerprint density at radius 2 is 1.49 bits per heavy atom. The second-order valence-corrected chi connectivity index (χ2v) is 14.7. The van der Waals surface area contributed by atoms with E-state index in [4.69, 9.17) is 0 Å². The van der Waals surface area contributed by atoms with Crippen LogP contribution >= 0.6 is 0 Å². The summed E-state index contributed by atoms with van der Waals surface area (Å²) >= 11 is 0. The van der Waals surface area contributed by atoms with Crippen molar-refractivity contribution in [1.82, 2.24) is 31.1 Å². The number of aliphatic carboxylic acids is 1. The van der Waals surface area contributed by atoms with Crippen molar-refractivity contribution in [2.75, 3.05) is 27.2 Å². The van der Waals surface area contributed by atoms with E-state index in [0.717, 1.165) is 22.6 Å². The van der Waals surface area contributed by atoms with Crippen molar-refractivity contribution in [3.63, 3.8) is 0 Å². The number of carboxylic acids is 1. The molecule has 6 amide bonds. The van der Waals surface area contributed by atoms with Crippen molar-refractivity contribution < 1.29 is 38.7 Å². The molecule has 1 aromatic rings. The van der Waals surface area contributed by atoms with E-state index in [2.05, 4.69) is 21.3 Å². The number of nitrogens with zero attached hydrogens (tertiary/aromatic N) is 2. The van der Waals surface area contributed by atoms with Gasteiger partial charge in [-0.15, -0.1) is 0 Å². The number of carboxylic acid groups (broad SMARTS) is 1. The monoisotopic (exact) mass is 710 g/mol. The second-order valence-electron chi connectivity index (χ2n) is 14.7. The topological polar surface area (TPSA) is 194 Å². The van der Waals surface area contributed by atoms with Crippen LogP contribution in [0, 0.1) is 11.3 Å². The average molecular weight is 711 g/mol. The third-order valence-electron chi connectivity index (χ3n) is 9.00. The van der Waals surface area contributed by atoms with Crippen LogP contribution in [0.4, 0.5) is 0 Å². The molecule has 1 aromatic carbocycles. The highest BCUT2D eigenvalue weighted by molar-refractivity contribution is 6.12. The molecule has 0 radical (unpaired) electrons. The van der Waals surface area contributed by atoms with Crippen molar-refractivity contribution in [2.45, 2.75) is 91.4 Å². The molecule has 14 nitrogen and oxygen atoms in total. The average Bonchev–Trinajstić information content (AvgIpc) is 3.37. The van der Waals surface area contributed by atoms with Gasteiger partial charge in [0.15, 0.2) is 0 Å². The molecule has 1 aliphatic rings. The molecule has 1 aliphatic heterocycles. The fraction of sp³-hybridized carbons (Fsp3) is 0.541. The summed E-state index contributed by atoms with van der Waals surface area (Å²) in [5, 5.41) is 20.6. The molecule has 1 heterocycles. The van der Waals surface area contributed by atoms with Crippen molar-refractivity contribution in [2.24, 2.45) is 11.3 Å². The molecule has 5 N–H and O–H groups in total. The molecular weight excluding hydrogens is 656 g/mol. The number of amides is 6. The standard InChI is InChI=1S/C37H54N6O8/c1-22(2)26(20-23(3)32(47)40-25(35(50)51)21-27(44)39-18-19-43-28(45)16-17-29(43)46)42(10)34(49)31(36(4,5)6)41-33(48)30(38-9)37(7,8)24-14-12-11-13-15-24/h11-17,20,22,25-26,30-31,38H,18-19,21H2,1-10H3,(H,39,44)(H,40,47)(H,41,48)(H,50,51)/b23-20+/t25-,26-,30-,31?/m1/s1. The number of benzene rings is 1. The van der Waals surface area contributed by atoms with E-state index in [0.29, 0.717) is 0 Å². The van der Waals surface area contributed by atoms with Crippen LogP contribution < -0.4 is 21.3 Å². The van der Waals surface area contributed by atoms with E-state index in [1.54, 1.807) is 20.2 Å². The summed E-state index contributed by atoms with van der Waals surface area (Å²) in [5.74, 6) is -4.82. The molecule has 0 fully saturated rings. The van der Waals surface area contributed by atoms with Crippen LogP contribution in [0.1, 0.15) is 67.4 Å². The molecule has 4 atom stereocenters. The molecular formula is C37H54N6O8. The van der Waals surface area contributed by atoms with Crippen LogP contribution in [-0.4, -0.2) is 108 Å². The SMILES string of the molecule is CN[C@H](C(=O)NC(C(=O)N(C)[C@H](/C=C(\C)C(=O)N[C@H](CC(=O)NCCN1C(=O)C=CC1=O)C(=O)O)C(C)C)C(C)(C)C)C(C)(C)c1ccccc1. The predicted octanol–water partition coefficient (Wildman–Crippen LogP) is 1.51. The summed E-state index contributed by atoms with van der Waals surface area (Å²) in [6.45, 7) is 14.5. The van der Waals surface area contributed by atoms with Gasteiger partial charge in [0.05, 0.1) is 18.5 Å². The number of nitrogens with one attached hydrogen (secondary N) is 4. The fourth-order valence-electron chi connectivity index (χ4n) is 5.85. The van der Waals surface area contributed by atoms with E-state index < -0.39 is 71.0 Å². The van der Waals surface area contributed by atoms with Crippen LogP contribution in [0.3, 0.4) is 0 Å². The molecule has 1 unspecified atom stereocenters. The zero-order chi connectivity index (χ0) is 38.8. The molecule has 0 saturated heterocycles. The van der Waals surface area contributed by atoms with Crippen molar-refractivity contribution in [1.29, 1.82) is 0 Å². The van der Waals surface area contributed by atoms with Gasteiger partial charge < -0.3 is 31.3 Å². The Hall–Kier alpha value is -4.85. The van der Waals surface area contributed by atoms with Gasteiger partial charge in [-0.1, -0.05) is 84.9 Å². The lowest BCUT2D eigenvalue weighted by molar-refractivity contribution is -0.143. The van der Waals surface area contributed by atoms with Crippen LogP contribution in [0.2, 0.25) is 0 Å². The second kappa shape index (κ2) is 17.9. The Bertz CT molecular complexity index is 1510. The molecule has 51 heavy (non-hydrogen) atoms. The zero-order valence-electron chi connectivity index (χ0n) is 31.3. The number of hydrogen-bond donors (Lipinski definition) is 5. The maximum atomic E-state index is 14.1. The molecule has 0 aliphatic carbocycles. The number of carbonyl (C=O) groups is 7. The normalized spacial score (nSPS) is 16.0. The minimum Gasteiger partial charge on any atom is -0.480 e. The van der Waals surface area contributed by atoms with Gasteiger partial charge in [-0.3, -0.25) is 33.7 Å². The van der Waals surface area contributed by atoms with E-state index >= 15 is 0 Å². The summed E-state index contributed by atoms with van der Waals surface area (Å²) in [7, 11) is 3.29. The summed E-state index contributed by atoms with van der Waals surface area (Å²) in [6, 6.07) is 5.81. The maximum absolute atomic E-state index is 14.1. The Balaban J connectivity index is 2.18. The largest absolute Gasteiger partial charge is 0.480 e. The van der Waals surface area contributed by atoms with Gasteiger partial charge in [-0.05, 0) is 30.9 Å². The zero-order valence-corrected chi connectivity index (χ0v) is 31.3. The van der Waals surface area contributed by atoms with Crippen molar-refractivity contribution >= 4 is 41.4 Å². The Kier molecular flexibility index (Phi) is 14.8. The van der Waals surface area contributed by atoms with Crippen molar-refractivity contribution in [3.05, 3.63) is 59.7 Å². The quantitative estimate of drug-likeness (QED) is 0.118. The van der Waals surface area contributed by atoms with Gasteiger partial charge in [0.2, 0.25) is 23.6 Å². The Morgan fingerprint density at radius 1 is 0.922 bits per heavy atom. The first-order chi connectivity index (χ1) is 23.6. The first kappa shape index (κ1) is 42.3. The van der Waals surface area contributed by atoms with Gasteiger partial charge in [0.1, 0.15) is 12.1 Å². The van der Waals surface area contributed by atoms with Gasteiger partial charge in [0, 0.05) is 43.3 Å². The number of hydrogen-bond acceptors (Lipinski definition) is 8.